The molecular formula is C18H25N3O3. The first kappa shape index (κ1) is 18.1. The van der Waals surface area contributed by atoms with Crippen molar-refractivity contribution < 1.29 is 14.3 Å². The van der Waals surface area contributed by atoms with Crippen molar-refractivity contribution in [2.75, 3.05) is 20.2 Å². The number of piperidine rings is 1. The van der Waals surface area contributed by atoms with E-state index in [9.17, 15) is 10.1 Å². The molecule has 6 nitrogen and oxygen atoms in total. The molecule has 0 saturated carbocycles. The van der Waals surface area contributed by atoms with Gasteiger partial charge in [0.05, 0.1) is 18.6 Å². The van der Waals surface area contributed by atoms with Gasteiger partial charge in [-0.3, -0.25) is 0 Å². The summed E-state index contributed by atoms with van der Waals surface area (Å²) in [5.74, 6) is 0.560. The Morgan fingerprint density at radius 3 is 2.50 bits per heavy atom. The number of rotatable bonds is 3. The van der Waals surface area contributed by atoms with E-state index in [1.807, 2.05) is 26.8 Å². The minimum Gasteiger partial charge on any atom is -0.481 e. The summed E-state index contributed by atoms with van der Waals surface area (Å²) in [6.07, 6.45) is 3.34. The van der Waals surface area contributed by atoms with Gasteiger partial charge in [0, 0.05) is 25.4 Å². The molecule has 1 aliphatic rings. The highest BCUT2D eigenvalue weighted by Crippen LogP contribution is 2.35. The second-order valence-corrected chi connectivity index (χ2v) is 7.25. The van der Waals surface area contributed by atoms with E-state index in [1.165, 1.54) is 0 Å². The van der Waals surface area contributed by atoms with E-state index >= 15 is 0 Å². The quantitative estimate of drug-likeness (QED) is 0.850. The van der Waals surface area contributed by atoms with E-state index in [0.29, 0.717) is 38.2 Å². The molecule has 2 rings (SSSR count). The van der Waals surface area contributed by atoms with Crippen molar-refractivity contribution in [1.29, 1.82) is 5.26 Å². The number of carbonyl (C=O) groups is 1. The third-order valence-electron chi connectivity index (χ3n) is 4.16. The van der Waals surface area contributed by atoms with Crippen LogP contribution in [-0.4, -0.2) is 41.8 Å². The van der Waals surface area contributed by atoms with Gasteiger partial charge < -0.3 is 14.4 Å². The van der Waals surface area contributed by atoms with Crippen LogP contribution in [0.3, 0.4) is 0 Å². The van der Waals surface area contributed by atoms with E-state index in [0.717, 1.165) is 5.56 Å². The van der Waals surface area contributed by atoms with Gasteiger partial charge in [0.1, 0.15) is 5.60 Å². The molecule has 2 heterocycles. The molecular weight excluding hydrogens is 306 g/mol. The van der Waals surface area contributed by atoms with Crippen molar-refractivity contribution in [3.05, 3.63) is 23.9 Å². The summed E-state index contributed by atoms with van der Waals surface area (Å²) in [6, 6.07) is 6.20. The number of nitrogens with zero attached hydrogens (tertiary/aromatic N) is 3. The van der Waals surface area contributed by atoms with Gasteiger partial charge in [-0.05, 0) is 45.6 Å². The zero-order valence-corrected chi connectivity index (χ0v) is 14.8. The van der Waals surface area contributed by atoms with Crippen molar-refractivity contribution in [2.24, 2.45) is 5.41 Å². The average Bonchev–Trinajstić information content (AvgIpc) is 2.54. The van der Waals surface area contributed by atoms with Gasteiger partial charge >= 0.3 is 6.09 Å². The number of hydrogen-bond acceptors (Lipinski definition) is 5. The SMILES string of the molecule is COc1ccc(CC2(C#N)CCN(C(=O)OC(C)(C)C)CC2)cn1. The second-order valence-electron chi connectivity index (χ2n) is 7.25. The zero-order chi connectivity index (χ0) is 17.8. The maximum absolute atomic E-state index is 12.1. The molecule has 0 unspecified atom stereocenters. The first-order valence-electron chi connectivity index (χ1n) is 8.15. The van der Waals surface area contributed by atoms with Crippen molar-refractivity contribution in [1.82, 2.24) is 9.88 Å². The summed E-state index contributed by atoms with van der Waals surface area (Å²) < 4.78 is 10.5. The monoisotopic (exact) mass is 331 g/mol. The first-order chi connectivity index (χ1) is 11.3. The number of aromatic nitrogens is 1. The minimum atomic E-state index is -0.504. The summed E-state index contributed by atoms with van der Waals surface area (Å²) in [4.78, 5) is 18.0. The Kier molecular flexibility index (Phi) is 5.33. The van der Waals surface area contributed by atoms with Crippen LogP contribution in [0.15, 0.2) is 18.3 Å². The van der Waals surface area contributed by atoms with E-state index in [-0.39, 0.29) is 6.09 Å². The van der Waals surface area contributed by atoms with Gasteiger partial charge in [-0.2, -0.15) is 5.26 Å². The highest BCUT2D eigenvalue weighted by atomic mass is 16.6. The molecule has 1 amide bonds. The van der Waals surface area contributed by atoms with Crippen molar-refractivity contribution >= 4 is 6.09 Å². The molecule has 130 valence electrons. The summed E-state index contributed by atoms with van der Waals surface area (Å²) >= 11 is 0. The van der Waals surface area contributed by atoms with Crippen LogP contribution >= 0.6 is 0 Å². The average molecular weight is 331 g/mol. The van der Waals surface area contributed by atoms with E-state index < -0.39 is 11.0 Å². The van der Waals surface area contributed by atoms with Gasteiger partial charge in [0.2, 0.25) is 5.88 Å². The summed E-state index contributed by atoms with van der Waals surface area (Å²) in [6.45, 7) is 6.62. The molecule has 1 fully saturated rings. The molecule has 1 aromatic rings. The molecule has 0 spiro atoms. The molecule has 0 aromatic carbocycles. The third-order valence-corrected chi connectivity index (χ3v) is 4.16. The highest BCUT2D eigenvalue weighted by molar-refractivity contribution is 5.68. The molecule has 1 aromatic heterocycles. The number of pyridine rings is 1. The van der Waals surface area contributed by atoms with Gasteiger partial charge in [-0.25, -0.2) is 9.78 Å². The smallest absolute Gasteiger partial charge is 0.410 e. The zero-order valence-electron chi connectivity index (χ0n) is 14.8. The van der Waals surface area contributed by atoms with Crippen LogP contribution in [0.4, 0.5) is 4.79 Å². The first-order valence-corrected chi connectivity index (χ1v) is 8.15. The predicted octanol–water partition coefficient (Wildman–Crippen LogP) is 3.17. The Morgan fingerprint density at radius 2 is 2.04 bits per heavy atom. The molecule has 1 aliphatic heterocycles. The number of methoxy groups -OCH3 is 1. The maximum atomic E-state index is 12.1. The van der Waals surface area contributed by atoms with Crippen molar-refractivity contribution in [3.63, 3.8) is 0 Å². The van der Waals surface area contributed by atoms with Crippen LogP contribution in [0.25, 0.3) is 0 Å². The lowest BCUT2D eigenvalue weighted by Gasteiger charge is -2.37. The lowest BCUT2D eigenvalue weighted by Crippen LogP contribution is -2.45. The summed E-state index contributed by atoms with van der Waals surface area (Å²) in [7, 11) is 1.57. The number of ether oxygens (including phenoxy) is 2. The highest BCUT2D eigenvalue weighted by Gasteiger charge is 2.37. The fourth-order valence-corrected chi connectivity index (χ4v) is 2.80. The van der Waals surface area contributed by atoms with Crippen molar-refractivity contribution in [2.45, 2.75) is 45.6 Å². The number of amides is 1. The van der Waals surface area contributed by atoms with Crippen LogP contribution in [0.1, 0.15) is 39.2 Å². The van der Waals surface area contributed by atoms with Gasteiger partial charge in [-0.1, -0.05) is 6.07 Å². The van der Waals surface area contributed by atoms with E-state index in [2.05, 4.69) is 11.1 Å². The number of likely N-dealkylation sites (tertiary alicyclic amines) is 1. The predicted molar refractivity (Wildman–Crippen MR) is 89.6 cm³/mol. The van der Waals surface area contributed by atoms with Gasteiger partial charge in [-0.15, -0.1) is 0 Å². The third kappa shape index (κ3) is 4.60. The molecule has 6 heteroatoms. The number of hydrogen-bond donors (Lipinski definition) is 0. The standard InChI is InChI=1S/C18H25N3O3/c1-17(2,3)24-16(22)21-9-7-18(13-19,8-10-21)11-14-5-6-15(23-4)20-12-14/h5-6,12H,7-11H2,1-4H3. The fourth-order valence-electron chi connectivity index (χ4n) is 2.80. The molecule has 24 heavy (non-hydrogen) atoms. The lowest BCUT2D eigenvalue weighted by atomic mass is 9.75. The van der Waals surface area contributed by atoms with Gasteiger partial charge in [0.25, 0.3) is 0 Å². The van der Waals surface area contributed by atoms with Gasteiger partial charge in [0.15, 0.2) is 0 Å². The number of nitriles is 1. The molecule has 0 N–H and O–H groups in total. The van der Waals surface area contributed by atoms with Crippen LogP contribution < -0.4 is 4.74 Å². The molecule has 0 radical (unpaired) electrons. The molecule has 0 aliphatic carbocycles. The topological polar surface area (TPSA) is 75.5 Å². The fraction of sp³-hybridized carbons (Fsp3) is 0.611. The largest absolute Gasteiger partial charge is 0.481 e. The Labute approximate surface area is 143 Å². The Morgan fingerprint density at radius 1 is 1.38 bits per heavy atom. The normalized spacial score (nSPS) is 17.0. The summed E-state index contributed by atoms with van der Waals surface area (Å²) in [5.41, 5.74) is 0.0350. The van der Waals surface area contributed by atoms with Crippen molar-refractivity contribution in [3.8, 4) is 11.9 Å². The van der Waals surface area contributed by atoms with Crippen LogP contribution in [-0.2, 0) is 11.2 Å². The van der Waals surface area contributed by atoms with E-state index in [4.69, 9.17) is 9.47 Å². The summed E-state index contributed by atoms with van der Waals surface area (Å²) in [5, 5.41) is 9.69. The molecule has 0 atom stereocenters. The van der Waals surface area contributed by atoms with Crippen LogP contribution in [0.5, 0.6) is 5.88 Å². The maximum Gasteiger partial charge on any atom is 0.410 e. The lowest BCUT2D eigenvalue weighted by molar-refractivity contribution is 0.0148. The van der Waals surface area contributed by atoms with E-state index in [1.54, 1.807) is 24.3 Å². The van der Waals surface area contributed by atoms with Crippen LogP contribution in [0, 0.1) is 16.7 Å². The minimum absolute atomic E-state index is 0.305. The van der Waals surface area contributed by atoms with Crippen LogP contribution in [0.2, 0.25) is 0 Å². The Hall–Kier alpha value is -2.29. The Bertz CT molecular complexity index is 606. The number of carbonyl (C=O) groups excluding carboxylic acids is 1. The molecule has 0 bridgehead atoms. The Balaban J connectivity index is 1.98. The molecule has 1 saturated heterocycles. The second kappa shape index (κ2) is 7.08.